The van der Waals surface area contributed by atoms with Gasteiger partial charge in [0.15, 0.2) is 0 Å². The quantitative estimate of drug-likeness (QED) is 0.842. The van der Waals surface area contributed by atoms with Crippen LogP contribution in [0.3, 0.4) is 0 Å². The van der Waals surface area contributed by atoms with Crippen LogP contribution in [0.1, 0.15) is 26.7 Å². The van der Waals surface area contributed by atoms with Crippen LogP contribution in [0.25, 0.3) is 0 Å². The number of aliphatic hydroxyl groups excluding tert-OH is 1. The highest BCUT2D eigenvalue weighted by molar-refractivity contribution is 4.81. The lowest BCUT2D eigenvalue weighted by atomic mass is 9.96. The molecule has 0 radical (unpaired) electrons. The lowest BCUT2D eigenvalue weighted by Crippen LogP contribution is -2.50. The number of hydrogen-bond donors (Lipinski definition) is 1. The zero-order valence-electron chi connectivity index (χ0n) is 15.0. The second-order valence-corrected chi connectivity index (χ2v) is 7.60. The van der Waals surface area contributed by atoms with Crippen molar-refractivity contribution in [3.05, 3.63) is 18.5 Å². The number of aliphatic hydroxyl groups is 1. The fourth-order valence-electron chi connectivity index (χ4n) is 4.11. The van der Waals surface area contributed by atoms with E-state index < -0.39 is 0 Å². The van der Waals surface area contributed by atoms with Crippen LogP contribution in [0.2, 0.25) is 0 Å². The Kier molecular flexibility index (Phi) is 6.27. The van der Waals surface area contributed by atoms with Crippen LogP contribution < -0.4 is 0 Å². The van der Waals surface area contributed by atoms with Crippen molar-refractivity contribution in [1.82, 2.24) is 19.6 Å². The summed E-state index contributed by atoms with van der Waals surface area (Å²) in [7, 11) is 0. The minimum absolute atomic E-state index is 0.263. The lowest BCUT2D eigenvalue weighted by molar-refractivity contribution is -0.0784. The molecule has 3 heterocycles. The van der Waals surface area contributed by atoms with Gasteiger partial charge < -0.3 is 14.7 Å². The number of hydrogen-bond acceptors (Lipinski definition) is 5. The van der Waals surface area contributed by atoms with Gasteiger partial charge in [0.25, 0.3) is 0 Å². The standard InChI is InChI=1S/C18H32N4O2/c1-15-10-21(11-16(2)24-15)14-18(23)13-20-8-4-17(5-9-20)12-22-7-3-6-19-22/h3,6-7,15-18,23H,4-5,8-14H2,1-2H3. The molecule has 0 aromatic carbocycles. The van der Waals surface area contributed by atoms with Gasteiger partial charge in [-0.3, -0.25) is 9.58 Å². The summed E-state index contributed by atoms with van der Waals surface area (Å²) in [6.45, 7) is 10.8. The zero-order valence-corrected chi connectivity index (χ0v) is 15.0. The Hall–Kier alpha value is -0.950. The predicted molar refractivity (Wildman–Crippen MR) is 93.8 cm³/mol. The molecule has 2 fully saturated rings. The summed E-state index contributed by atoms with van der Waals surface area (Å²) in [6, 6.07) is 1.98. The summed E-state index contributed by atoms with van der Waals surface area (Å²) in [5, 5.41) is 14.8. The molecule has 3 unspecified atom stereocenters. The maximum absolute atomic E-state index is 10.5. The SMILES string of the molecule is CC1CN(CC(O)CN2CCC(Cn3cccn3)CC2)CC(C)O1. The molecule has 136 valence electrons. The Bertz CT molecular complexity index is 463. The van der Waals surface area contributed by atoms with Crippen molar-refractivity contribution in [1.29, 1.82) is 0 Å². The fourth-order valence-corrected chi connectivity index (χ4v) is 4.11. The number of aromatic nitrogens is 2. The third kappa shape index (κ3) is 5.28. The van der Waals surface area contributed by atoms with Gasteiger partial charge in [-0.25, -0.2) is 0 Å². The molecular formula is C18H32N4O2. The van der Waals surface area contributed by atoms with Gasteiger partial charge in [0.2, 0.25) is 0 Å². The second kappa shape index (κ2) is 8.43. The maximum Gasteiger partial charge on any atom is 0.0793 e. The number of likely N-dealkylation sites (tertiary alicyclic amines) is 1. The Morgan fingerprint density at radius 2 is 1.79 bits per heavy atom. The van der Waals surface area contributed by atoms with Crippen molar-refractivity contribution in [2.24, 2.45) is 5.92 Å². The molecule has 2 saturated heterocycles. The van der Waals surface area contributed by atoms with E-state index in [2.05, 4.69) is 28.7 Å². The van der Waals surface area contributed by atoms with Crippen LogP contribution >= 0.6 is 0 Å². The topological polar surface area (TPSA) is 53.8 Å². The normalized spacial score (nSPS) is 29.0. The van der Waals surface area contributed by atoms with Crippen molar-refractivity contribution in [3.8, 4) is 0 Å². The first-order chi connectivity index (χ1) is 11.6. The van der Waals surface area contributed by atoms with E-state index in [0.29, 0.717) is 5.92 Å². The first kappa shape index (κ1) is 17.9. The Morgan fingerprint density at radius 3 is 2.42 bits per heavy atom. The average molecular weight is 336 g/mol. The first-order valence-corrected chi connectivity index (χ1v) is 9.34. The highest BCUT2D eigenvalue weighted by Gasteiger charge is 2.26. The molecule has 0 aliphatic carbocycles. The van der Waals surface area contributed by atoms with Gasteiger partial charge in [0.05, 0.1) is 18.3 Å². The Labute approximate surface area is 145 Å². The molecule has 3 atom stereocenters. The van der Waals surface area contributed by atoms with Crippen LogP contribution in [-0.2, 0) is 11.3 Å². The molecular weight excluding hydrogens is 304 g/mol. The van der Waals surface area contributed by atoms with E-state index in [4.69, 9.17) is 4.74 Å². The van der Waals surface area contributed by atoms with E-state index >= 15 is 0 Å². The monoisotopic (exact) mass is 336 g/mol. The molecule has 6 nitrogen and oxygen atoms in total. The molecule has 1 N–H and O–H groups in total. The fraction of sp³-hybridized carbons (Fsp3) is 0.833. The van der Waals surface area contributed by atoms with Crippen LogP contribution in [0.4, 0.5) is 0 Å². The summed E-state index contributed by atoms with van der Waals surface area (Å²) in [4.78, 5) is 4.76. The van der Waals surface area contributed by atoms with Gasteiger partial charge >= 0.3 is 0 Å². The molecule has 0 bridgehead atoms. The van der Waals surface area contributed by atoms with Gasteiger partial charge in [-0.2, -0.15) is 5.10 Å². The first-order valence-electron chi connectivity index (χ1n) is 9.34. The number of ether oxygens (including phenoxy) is 1. The predicted octanol–water partition coefficient (Wildman–Crippen LogP) is 1.07. The van der Waals surface area contributed by atoms with Gasteiger partial charge in [0.1, 0.15) is 0 Å². The molecule has 24 heavy (non-hydrogen) atoms. The lowest BCUT2D eigenvalue weighted by Gasteiger charge is -2.38. The molecule has 0 amide bonds. The third-order valence-corrected chi connectivity index (χ3v) is 5.14. The van der Waals surface area contributed by atoms with Gasteiger partial charge in [-0.1, -0.05) is 0 Å². The molecule has 1 aromatic heterocycles. The van der Waals surface area contributed by atoms with E-state index in [-0.39, 0.29) is 18.3 Å². The van der Waals surface area contributed by atoms with Crippen LogP contribution in [0.15, 0.2) is 18.5 Å². The van der Waals surface area contributed by atoms with E-state index in [9.17, 15) is 5.11 Å². The van der Waals surface area contributed by atoms with E-state index in [0.717, 1.165) is 45.8 Å². The van der Waals surface area contributed by atoms with Crippen molar-refractivity contribution >= 4 is 0 Å². The van der Waals surface area contributed by atoms with Crippen LogP contribution in [0, 0.1) is 5.92 Å². The number of rotatable bonds is 6. The summed E-state index contributed by atoms with van der Waals surface area (Å²) < 4.78 is 7.80. The molecule has 2 aliphatic heterocycles. The molecule has 0 saturated carbocycles. The van der Waals surface area contributed by atoms with E-state index in [1.165, 1.54) is 12.8 Å². The highest BCUT2D eigenvalue weighted by atomic mass is 16.5. The van der Waals surface area contributed by atoms with Gasteiger partial charge in [-0.15, -0.1) is 0 Å². The minimum atomic E-state index is -0.273. The minimum Gasteiger partial charge on any atom is -0.390 e. The number of nitrogens with zero attached hydrogens (tertiary/aromatic N) is 4. The van der Waals surface area contributed by atoms with Crippen molar-refractivity contribution in [2.75, 3.05) is 39.3 Å². The Balaban J connectivity index is 1.36. The van der Waals surface area contributed by atoms with Crippen LogP contribution in [-0.4, -0.2) is 82.3 Å². The largest absolute Gasteiger partial charge is 0.390 e. The molecule has 0 spiro atoms. The van der Waals surface area contributed by atoms with Crippen molar-refractivity contribution < 1.29 is 9.84 Å². The summed E-state index contributed by atoms with van der Waals surface area (Å²) in [6.07, 6.45) is 6.53. The van der Waals surface area contributed by atoms with Crippen molar-refractivity contribution in [2.45, 2.75) is 51.5 Å². The Morgan fingerprint density at radius 1 is 1.12 bits per heavy atom. The molecule has 3 rings (SSSR count). The number of morpholine rings is 1. The smallest absolute Gasteiger partial charge is 0.0793 e. The van der Waals surface area contributed by atoms with Crippen molar-refractivity contribution in [3.63, 3.8) is 0 Å². The van der Waals surface area contributed by atoms with Gasteiger partial charge in [0, 0.05) is 45.1 Å². The van der Waals surface area contributed by atoms with Gasteiger partial charge in [-0.05, 0) is 51.8 Å². The average Bonchev–Trinajstić information content (AvgIpc) is 3.01. The second-order valence-electron chi connectivity index (χ2n) is 7.60. The molecule has 2 aliphatic rings. The third-order valence-electron chi connectivity index (χ3n) is 5.14. The van der Waals surface area contributed by atoms with E-state index in [1.54, 1.807) is 0 Å². The summed E-state index contributed by atoms with van der Waals surface area (Å²) in [5.74, 6) is 0.708. The number of β-amino-alcohol motifs (C(OH)–C–C–N with tert-alkyl or cyclic N) is 1. The molecule has 1 aromatic rings. The summed E-state index contributed by atoms with van der Waals surface area (Å²) in [5.41, 5.74) is 0. The van der Waals surface area contributed by atoms with Crippen LogP contribution in [0.5, 0.6) is 0 Å². The molecule has 6 heteroatoms. The summed E-state index contributed by atoms with van der Waals surface area (Å²) >= 11 is 0. The maximum atomic E-state index is 10.5. The van der Waals surface area contributed by atoms with E-state index in [1.807, 2.05) is 23.1 Å². The zero-order chi connectivity index (χ0) is 16.9. The number of piperidine rings is 1. The highest BCUT2D eigenvalue weighted by Crippen LogP contribution is 2.19.